The molecule has 1 heterocycles. The Morgan fingerprint density at radius 2 is 2.12 bits per heavy atom. The predicted molar refractivity (Wildman–Crippen MR) is 22.9 cm³/mol. The smallest absolute Gasteiger partial charge is 0.227 e. The van der Waals surface area contributed by atoms with Gasteiger partial charge in [0, 0.05) is 0 Å². The molecule has 0 spiro atoms. The van der Waals surface area contributed by atoms with E-state index < -0.39 is 18.6 Å². The average Bonchev–Trinajstić information content (AvgIpc) is 1.98. The van der Waals surface area contributed by atoms with Crippen molar-refractivity contribution in [3.05, 3.63) is 0 Å². The van der Waals surface area contributed by atoms with E-state index >= 15 is 0 Å². The largest absolute Gasteiger partial charge is 0.388 e. The maximum Gasteiger partial charge on any atom is 0.227 e. The van der Waals surface area contributed by atoms with Gasteiger partial charge in [-0.1, -0.05) is 0 Å². The lowest BCUT2D eigenvalue weighted by Gasteiger charge is -2.03. The molecule has 4 heteroatoms. The molecule has 0 aromatic carbocycles. The first-order valence-corrected chi connectivity index (χ1v) is 2.33. The van der Waals surface area contributed by atoms with Gasteiger partial charge in [0.2, 0.25) is 6.36 Å². The second-order valence-electron chi connectivity index (χ2n) is 1.74. The molecule has 48 valence electrons. The molecule has 1 aliphatic heterocycles. The van der Waals surface area contributed by atoms with Crippen LogP contribution < -0.4 is 0 Å². The summed E-state index contributed by atoms with van der Waals surface area (Å²) in [7, 11) is 0. The van der Waals surface area contributed by atoms with Gasteiger partial charge in [-0.2, -0.15) is 0 Å². The van der Waals surface area contributed by atoms with Crippen molar-refractivity contribution in [1.29, 1.82) is 0 Å². The Bertz CT molecular complexity index is 77.4. The number of halogens is 1. The van der Waals surface area contributed by atoms with Gasteiger partial charge in [-0.15, -0.1) is 0 Å². The zero-order valence-electron chi connectivity index (χ0n) is 4.12. The van der Waals surface area contributed by atoms with E-state index in [4.69, 9.17) is 10.2 Å². The number of hydrogen-bond acceptors (Lipinski definition) is 3. The molecule has 3 nitrogen and oxygen atoms in total. The summed E-state index contributed by atoms with van der Waals surface area (Å²) in [4.78, 5) is 0. The second kappa shape index (κ2) is 1.97. The van der Waals surface area contributed by atoms with Gasteiger partial charge in [0.15, 0.2) is 0 Å². The number of aliphatic hydroxyl groups is 2. The molecule has 0 amide bonds. The maximum absolute atomic E-state index is 11.9. The Hall–Kier alpha value is -0.190. The van der Waals surface area contributed by atoms with Crippen LogP contribution >= 0.6 is 0 Å². The van der Waals surface area contributed by atoms with Gasteiger partial charge in [0.25, 0.3) is 0 Å². The van der Waals surface area contributed by atoms with Crippen LogP contribution in [-0.2, 0) is 4.74 Å². The van der Waals surface area contributed by atoms with E-state index in [0.29, 0.717) is 0 Å². The minimum atomic E-state index is -1.70. The summed E-state index contributed by atoms with van der Waals surface area (Å²) in [5, 5.41) is 17.1. The molecule has 1 rings (SSSR count). The van der Waals surface area contributed by atoms with Gasteiger partial charge in [0.1, 0.15) is 12.2 Å². The van der Waals surface area contributed by atoms with Crippen LogP contribution in [0.4, 0.5) is 4.39 Å². The molecule has 2 N–H and O–H groups in total. The highest BCUT2D eigenvalue weighted by molar-refractivity contribution is 4.75. The minimum Gasteiger partial charge on any atom is -0.388 e. The molecule has 1 aliphatic rings. The van der Waals surface area contributed by atoms with Gasteiger partial charge >= 0.3 is 0 Å². The highest BCUT2D eigenvalue weighted by atomic mass is 19.1. The van der Waals surface area contributed by atoms with Crippen LogP contribution in [0, 0.1) is 0 Å². The molecule has 8 heavy (non-hydrogen) atoms. The molecule has 1 fully saturated rings. The zero-order chi connectivity index (χ0) is 6.15. The van der Waals surface area contributed by atoms with E-state index in [-0.39, 0.29) is 6.61 Å². The van der Waals surface area contributed by atoms with Gasteiger partial charge in [-0.05, 0) is 0 Å². The Balaban J connectivity index is 2.44. The fourth-order valence-electron chi connectivity index (χ4n) is 0.562. The first-order valence-electron chi connectivity index (χ1n) is 2.33. The molecular weight excluding hydrogens is 115 g/mol. The summed E-state index contributed by atoms with van der Waals surface area (Å²) in [5.41, 5.74) is 0. The van der Waals surface area contributed by atoms with Crippen LogP contribution in [0.15, 0.2) is 0 Å². The fraction of sp³-hybridized carbons (Fsp3) is 1.00. The standard InChI is InChI=1S/C4H7FO3/c5-4-3(7)2(6)1-8-4/h2-4,6-7H,1H2/t2-,3+,4?/m1/s1. The van der Waals surface area contributed by atoms with Crippen LogP contribution in [0.1, 0.15) is 0 Å². The normalized spacial score (nSPS) is 47.6. The van der Waals surface area contributed by atoms with Crippen molar-refractivity contribution < 1.29 is 19.3 Å². The van der Waals surface area contributed by atoms with Crippen molar-refractivity contribution in [2.24, 2.45) is 0 Å². The van der Waals surface area contributed by atoms with E-state index in [0.717, 1.165) is 0 Å². The molecule has 0 bridgehead atoms. The molecule has 0 radical (unpaired) electrons. The van der Waals surface area contributed by atoms with E-state index in [1.807, 2.05) is 0 Å². The summed E-state index contributed by atoms with van der Waals surface area (Å²) in [6, 6.07) is 0. The highest BCUT2D eigenvalue weighted by Gasteiger charge is 2.34. The van der Waals surface area contributed by atoms with Crippen molar-refractivity contribution >= 4 is 0 Å². The van der Waals surface area contributed by atoms with E-state index in [1.54, 1.807) is 0 Å². The number of alkyl halides is 1. The third kappa shape index (κ3) is 0.819. The molecule has 3 atom stereocenters. The monoisotopic (exact) mass is 122 g/mol. The Labute approximate surface area is 45.7 Å². The zero-order valence-corrected chi connectivity index (χ0v) is 4.12. The molecule has 1 saturated heterocycles. The lowest BCUT2D eigenvalue weighted by atomic mass is 10.3. The number of aliphatic hydroxyl groups excluding tert-OH is 2. The molecule has 0 aromatic rings. The first kappa shape index (κ1) is 5.94. The molecular formula is C4H7FO3. The van der Waals surface area contributed by atoms with Crippen LogP contribution in [0.2, 0.25) is 0 Å². The quantitative estimate of drug-likeness (QED) is 0.435. The van der Waals surface area contributed by atoms with Crippen molar-refractivity contribution in [3.8, 4) is 0 Å². The van der Waals surface area contributed by atoms with Crippen LogP contribution in [0.25, 0.3) is 0 Å². The first-order chi connectivity index (χ1) is 3.72. The lowest BCUT2D eigenvalue weighted by Crippen LogP contribution is -2.26. The van der Waals surface area contributed by atoms with Gasteiger partial charge in [0.05, 0.1) is 6.61 Å². The van der Waals surface area contributed by atoms with Crippen molar-refractivity contribution in [1.82, 2.24) is 0 Å². The summed E-state index contributed by atoms with van der Waals surface area (Å²) in [6.45, 7) is -0.109. The summed E-state index contributed by atoms with van der Waals surface area (Å²) < 4.78 is 16.1. The van der Waals surface area contributed by atoms with Crippen LogP contribution in [0.3, 0.4) is 0 Å². The van der Waals surface area contributed by atoms with E-state index in [1.165, 1.54) is 0 Å². The Kier molecular flexibility index (Phi) is 1.46. The summed E-state index contributed by atoms with van der Waals surface area (Å²) in [6.07, 6.45) is -4.11. The molecule has 0 aromatic heterocycles. The highest BCUT2D eigenvalue weighted by Crippen LogP contribution is 2.13. The Morgan fingerprint density at radius 3 is 2.25 bits per heavy atom. The van der Waals surface area contributed by atoms with E-state index in [9.17, 15) is 4.39 Å². The molecule has 1 unspecified atom stereocenters. The predicted octanol–water partition coefficient (Wildman–Crippen LogP) is -0.966. The topological polar surface area (TPSA) is 49.7 Å². The van der Waals surface area contributed by atoms with Crippen molar-refractivity contribution in [2.75, 3.05) is 6.61 Å². The third-order valence-corrected chi connectivity index (χ3v) is 1.09. The summed E-state index contributed by atoms with van der Waals surface area (Å²) in [5.74, 6) is 0. The maximum atomic E-state index is 11.9. The fourth-order valence-corrected chi connectivity index (χ4v) is 0.562. The lowest BCUT2D eigenvalue weighted by molar-refractivity contribution is -0.0544. The third-order valence-electron chi connectivity index (χ3n) is 1.09. The average molecular weight is 122 g/mol. The number of rotatable bonds is 0. The minimum absolute atomic E-state index is 0.109. The van der Waals surface area contributed by atoms with Gasteiger partial charge in [-0.25, -0.2) is 4.39 Å². The number of ether oxygens (including phenoxy) is 1. The second-order valence-corrected chi connectivity index (χ2v) is 1.74. The van der Waals surface area contributed by atoms with Crippen molar-refractivity contribution in [2.45, 2.75) is 18.6 Å². The molecule has 0 aliphatic carbocycles. The van der Waals surface area contributed by atoms with Crippen LogP contribution in [0.5, 0.6) is 0 Å². The van der Waals surface area contributed by atoms with Gasteiger partial charge < -0.3 is 14.9 Å². The number of hydrogen-bond donors (Lipinski definition) is 2. The summed E-state index contributed by atoms with van der Waals surface area (Å²) >= 11 is 0. The SMILES string of the molecule is O[C@@H]1COC(F)[C@H]1O. The van der Waals surface area contributed by atoms with Crippen molar-refractivity contribution in [3.63, 3.8) is 0 Å². The Morgan fingerprint density at radius 1 is 1.50 bits per heavy atom. The van der Waals surface area contributed by atoms with Gasteiger partial charge in [-0.3, -0.25) is 0 Å². The molecule has 0 saturated carbocycles. The van der Waals surface area contributed by atoms with E-state index in [2.05, 4.69) is 4.74 Å². The van der Waals surface area contributed by atoms with Crippen LogP contribution in [-0.4, -0.2) is 35.4 Å².